The summed E-state index contributed by atoms with van der Waals surface area (Å²) in [6, 6.07) is 12.9. The van der Waals surface area contributed by atoms with E-state index in [0.717, 1.165) is 22.3 Å². The molecule has 0 aliphatic heterocycles. The second kappa shape index (κ2) is 6.62. The number of nitrogen functional groups attached to an aromatic ring is 1. The van der Waals surface area contributed by atoms with Crippen LogP contribution in [0.2, 0.25) is 0 Å². The van der Waals surface area contributed by atoms with Gasteiger partial charge in [0.05, 0.1) is 44.0 Å². The van der Waals surface area contributed by atoms with E-state index in [-0.39, 0.29) is 18.4 Å². The number of nitrogens with zero attached hydrogens (tertiary/aromatic N) is 2. The first-order chi connectivity index (χ1) is 11.6. The van der Waals surface area contributed by atoms with Crippen molar-refractivity contribution in [3.63, 3.8) is 0 Å². The first-order valence-electron chi connectivity index (χ1n) is 7.55. The van der Waals surface area contributed by atoms with E-state index >= 15 is 0 Å². The maximum atomic E-state index is 11.9. The summed E-state index contributed by atoms with van der Waals surface area (Å²) in [4.78, 5) is 16.3. The topological polar surface area (TPSA) is 79.4 Å². The number of ether oxygens (including phenoxy) is 2. The van der Waals surface area contributed by atoms with Crippen LogP contribution >= 0.6 is 0 Å². The fourth-order valence-electron chi connectivity index (χ4n) is 2.74. The average molecular weight is 325 g/mol. The molecule has 0 aliphatic rings. The third-order valence-corrected chi connectivity index (χ3v) is 4.02. The quantitative estimate of drug-likeness (QED) is 0.576. The molecule has 3 aromatic rings. The van der Waals surface area contributed by atoms with Crippen LogP contribution in [-0.2, 0) is 9.53 Å². The molecular weight excluding hydrogens is 306 g/mol. The van der Waals surface area contributed by atoms with E-state index in [1.807, 2.05) is 47.0 Å². The van der Waals surface area contributed by atoms with Crippen molar-refractivity contribution in [1.82, 2.24) is 9.55 Å². The van der Waals surface area contributed by atoms with E-state index in [0.29, 0.717) is 5.69 Å². The molecule has 24 heavy (non-hydrogen) atoms. The van der Waals surface area contributed by atoms with Crippen molar-refractivity contribution in [2.24, 2.45) is 0 Å². The number of aromatic nitrogens is 2. The summed E-state index contributed by atoms with van der Waals surface area (Å²) in [6.07, 6.45) is 1.93. The Bertz CT molecular complexity index is 856. The first-order valence-corrected chi connectivity index (χ1v) is 7.55. The highest BCUT2D eigenvalue weighted by atomic mass is 16.5. The molecule has 2 N–H and O–H groups in total. The van der Waals surface area contributed by atoms with E-state index in [2.05, 4.69) is 4.98 Å². The standard InChI is InChI=1S/C18H19N3O3/c1-23-14-6-3-12(4-7-14)17(10-18(22)24-2)21-11-20-15-9-13(19)5-8-16(15)21/h3-9,11,17H,10,19H2,1-2H3. The van der Waals surface area contributed by atoms with Crippen LogP contribution in [0, 0.1) is 0 Å². The molecule has 1 heterocycles. The van der Waals surface area contributed by atoms with Gasteiger partial charge >= 0.3 is 5.97 Å². The van der Waals surface area contributed by atoms with Gasteiger partial charge < -0.3 is 19.8 Å². The Hall–Kier alpha value is -3.02. The monoisotopic (exact) mass is 325 g/mol. The second-order valence-electron chi connectivity index (χ2n) is 5.47. The van der Waals surface area contributed by atoms with Crippen molar-refractivity contribution in [2.75, 3.05) is 20.0 Å². The fraction of sp³-hybridized carbons (Fsp3) is 0.222. The molecule has 0 fully saturated rings. The van der Waals surface area contributed by atoms with Crippen LogP contribution in [0.3, 0.4) is 0 Å². The smallest absolute Gasteiger partial charge is 0.307 e. The van der Waals surface area contributed by atoms with Gasteiger partial charge in [0.15, 0.2) is 0 Å². The average Bonchev–Trinajstić information content (AvgIpc) is 3.02. The van der Waals surface area contributed by atoms with Crippen LogP contribution in [0.4, 0.5) is 5.69 Å². The number of rotatable bonds is 5. The lowest BCUT2D eigenvalue weighted by Gasteiger charge is -2.19. The minimum Gasteiger partial charge on any atom is -0.497 e. The van der Waals surface area contributed by atoms with Gasteiger partial charge in [-0.1, -0.05) is 12.1 Å². The summed E-state index contributed by atoms with van der Waals surface area (Å²) in [6.45, 7) is 0. The number of benzene rings is 2. The Kier molecular flexibility index (Phi) is 4.37. The lowest BCUT2D eigenvalue weighted by atomic mass is 10.0. The van der Waals surface area contributed by atoms with Crippen LogP contribution in [0.5, 0.6) is 5.75 Å². The summed E-state index contributed by atoms with van der Waals surface area (Å²) >= 11 is 0. The van der Waals surface area contributed by atoms with Crippen LogP contribution < -0.4 is 10.5 Å². The zero-order valence-electron chi connectivity index (χ0n) is 13.6. The number of imidazole rings is 1. The van der Waals surface area contributed by atoms with E-state index in [9.17, 15) is 4.79 Å². The fourth-order valence-corrected chi connectivity index (χ4v) is 2.74. The van der Waals surface area contributed by atoms with Crippen LogP contribution in [0.15, 0.2) is 48.8 Å². The van der Waals surface area contributed by atoms with Crippen molar-refractivity contribution < 1.29 is 14.3 Å². The lowest BCUT2D eigenvalue weighted by molar-refractivity contribution is -0.141. The summed E-state index contributed by atoms with van der Waals surface area (Å²) in [5, 5.41) is 0. The number of methoxy groups -OCH3 is 2. The summed E-state index contributed by atoms with van der Waals surface area (Å²) in [7, 11) is 3.01. The first kappa shape index (κ1) is 15.9. The van der Waals surface area contributed by atoms with Gasteiger partial charge in [0.25, 0.3) is 0 Å². The highest BCUT2D eigenvalue weighted by Gasteiger charge is 2.20. The van der Waals surface area contributed by atoms with Gasteiger partial charge in [0, 0.05) is 5.69 Å². The van der Waals surface area contributed by atoms with Crippen LogP contribution in [-0.4, -0.2) is 29.7 Å². The number of fused-ring (bicyclic) bond motifs is 1. The molecule has 0 saturated heterocycles. The highest BCUT2D eigenvalue weighted by Crippen LogP contribution is 2.29. The van der Waals surface area contributed by atoms with Gasteiger partial charge in [-0.25, -0.2) is 4.98 Å². The molecule has 3 rings (SSSR count). The van der Waals surface area contributed by atoms with Crippen molar-refractivity contribution >= 4 is 22.7 Å². The second-order valence-corrected chi connectivity index (χ2v) is 5.47. The van der Waals surface area contributed by atoms with Crippen LogP contribution in [0.1, 0.15) is 18.0 Å². The molecule has 6 nitrogen and oxygen atoms in total. The zero-order valence-corrected chi connectivity index (χ0v) is 13.6. The molecule has 0 bridgehead atoms. The number of hydrogen-bond donors (Lipinski definition) is 1. The van der Waals surface area contributed by atoms with Crippen molar-refractivity contribution in [3.8, 4) is 5.75 Å². The van der Waals surface area contributed by atoms with Gasteiger partial charge in [-0.3, -0.25) is 4.79 Å². The molecule has 1 aromatic heterocycles. The van der Waals surface area contributed by atoms with Gasteiger partial charge in [0.2, 0.25) is 0 Å². The minimum absolute atomic E-state index is 0.207. The summed E-state index contributed by atoms with van der Waals surface area (Å²) in [5.41, 5.74) is 9.14. The Labute approximate surface area is 139 Å². The summed E-state index contributed by atoms with van der Waals surface area (Å²) in [5.74, 6) is 0.479. The highest BCUT2D eigenvalue weighted by molar-refractivity contribution is 5.79. The number of anilines is 1. The number of carbonyl (C=O) groups is 1. The number of esters is 1. The van der Waals surface area contributed by atoms with Gasteiger partial charge in [-0.05, 0) is 35.9 Å². The van der Waals surface area contributed by atoms with E-state index in [1.54, 1.807) is 13.4 Å². The molecule has 0 radical (unpaired) electrons. The predicted molar refractivity (Wildman–Crippen MR) is 91.9 cm³/mol. The van der Waals surface area contributed by atoms with E-state index < -0.39 is 0 Å². The Morgan fingerprint density at radius 3 is 2.62 bits per heavy atom. The molecular formula is C18H19N3O3. The number of nitrogens with two attached hydrogens (primary N) is 1. The molecule has 124 valence electrons. The SMILES string of the molecule is COC(=O)CC(c1ccc(OC)cc1)n1cnc2cc(N)ccc21. The number of hydrogen-bond acceptors (Lipinski definition) is 5. The van der Waals surface area contributed by atoms with Gasteiger partial charge in [-0.15, -0.1) is 0 Å². The molecule has 0 spiro atoms. The van der Waals surface area contributed by atoms with Crippen molar-refractivity contribution in [3.05, 3.63) is 54.4 Å². The predicted octanol–water partition coefficient (Wildman–Crippen LogP) is 2.78. The third kappa shape index (κ3) is 3.03. The lowest BCUT2D eigenvalue weighted by Crippen LogP contribution is -2.15. The van der Waals surface area contributed by atoms with E-state index in [4.69, 9.17) is 15.2 Å². The Morgan fingerprint density at radius 2 is 1.96 bits per heavy atom. The van der Waals surface area contributed by atoms with Crippen molar-refractivity contribution in [2.45, 2.75) is 12.5 Å². The number of carbonyl (C=O) groups excluding carboxylic acids is 1. The Morgan fingerprint density at radius 1 is 1.21 bits per heavy atom. The molecule has 2 aromatic carbocycles. The molecule has 6 heteroatoms. The molecule has 0 aliphatic carbocycles. The van der Waals surface area contributed by atoms with Gasteiger partial charge in [0.1, 0.15) is 5.75 Å². The third-order valence-electron chi connectivity index (χ3n) is 4.02. The molecule has 1 unspecified atom stereocenters. The summed E-state index contributed by atoms with van der Waals surface area (Å²) < 4.78 is 12.0. The molecule has 0 saturated carbocycles. The zero-order chi connectivity index (χ0) is 17.1. The van der Waals surface area contributed by atoms with E-state index in [1.165, 1.54) is 7.11 Å². The minimum atomic E-state index is -0.284. The largest absolute Gasteiger partial charge is 0.497 e. The molecule has 0 amide bonds. The Balaban J connectivity index is 2.06. The van der Waals surface area contributed by atoms with Gasteiger partial charge in [-0.2, -0.15) is 0 Å². The van der Waals surface area contributed by atoms with Crippen LogP contribution in [0.25, 0.3) is 11.0 Å². The maximum absolute atomic E-state index is 11.9. The maximum Gasteiger partial charge on any atom is 0.307 e. The van der Waals surface area contributed by atoms with Crippen molar-refractivity contribution in [1.29, 1.82) is 0 Å². The normalized spacial score (nSPS) is 12.1. The molecule has 1 atom stereocenters.